The van der Waals surface area contributed by atoms with Gasteiger partial charge in [-0.3, -0.25) is 9.69 Å². The highest BCUT2D eigenvalue weighted by molar-refractivity contribution is 6.02. The fourth-order valence-corrected chi connectivity index (χ4v) is 2.96. The summed E-state index contributed by atoms with van der Waals surface area (Å²) in [6.07, 6.45) is 2.46. The van der Waals surface area contributed by atoms with Crippen LogP contribution in [0.15, 0.2) is 5.16 Å². The number of oxime groups is 1. The van der Waals surface area contributed by atoms with Crippen molar-refractivity contribution in [1.29, 1.82) is 0 Å². The fourth-order valence-electron chi connectivity index (χ4n) is 2.96. The van der Waals surface area contributed by atoms with Crippen LogP contribution in [0.4, 0.5) is 0 Å². The van der Waals surface area contributed by atoms with Crippen molar-refractivity contribution in [3.63, 3.8) is 0 Å². The lowest BCUT2D eigenvalue weighted by molar-refractivity contribution is -0.132. The molecule has 0 saturated carbocycles. The smallest absolute Gasteiger partial charge is 0.233 e. The molecule has 2 unspecified atom stereocenters. The Morgan fingerprint density at radius 1 is 1.45 bits per heavy atom. The van der Waals surface area contributed by atoms with Gasteiger partial charge in [0.25, 0.3) is 0 Å². The predicted molar refractivity (Wildman–Crippen MR) is 79.7 cm³/mol. The number of hydrogen-bond acceptors (Lipinski definition) is 4. The van der Waals surface area contributed by atoms with Gasteiger partial charge >= 0.3 is 0 Å². The van der Waals surface area contributed by atoms with Crippen LogP contribution in [-0.4, -0.2) is 59.0 Å². The van der Waals surface area contributed by atoms with Crippen LogP contribution in [-0.2, 0) is 4.79 Å². The lowest BCUT2D eigenvalue weighted by atomic mass is 10.0. The van der Waals surface area contributed by atoms with Crippen LogP contribution < -0.4 is 5.73 Å². The van der Waals surface area contributed by atoms with Crippen LogP contribution >= 0.6 is 0 Å². The molecule has 20 heavy (non-hydrogen) atoms. The Labute approximate surface area is 121 Å². The molecule has 0 aromatic heterocycles. The number of hydrogen-bond donors (Lipinski definition) is 2. The summed E-state index contributed by atoms with van der Waals surface area (Å²) in [5.41, 5.74) is 5.66. The lowest BCUT2D eigenvalue weighted by Crippen LogP contribution is -2.43. The number of amidine groups is 1. The third kappa shape index (κ3) is 3.85. The molecule has 0 aliphatic carbocycles. The maximum atomic E-state index is 12.5. The van der Waals surface area contributed by atoms with E-state index in [9.17, 15) is 4.79 Å². The van der Waals surface area contributed by atoms with Crippen LogP contribution in [0, 0.1) is 5.92 Å². The molecule has 0 bridgehead atoms. The third-order valence-corrected chi connectivity index (χ3v) is 4.15. The molecule has 1 aliphatic heterocycles. The Balaban J connectivity index is 2.68. The van der Waals surface area contributed by atoms with Gasteiger partial charge in [0.2, 0.25) is 5.91 Å². The molecule has 0 aromatic carbocycles. The molecule has 1 fully saturated rings. The van der Waals surface area contributed by atoms with Gasteiger partial charge in [0.15, 0.2) is 5.84 Å². The number of amides is 1. The first kappa shape index (κ1) is 16.8. The highest BCUT2D eigenvalue weighted by atomic mass is 16.4. The van der Waals surface area contributed by atoms with Crippen molar-refractivity contribution in [2.75, 3.05) is 26.2 Å². The van der Waals surface area contributed by atoms with Gasteiger partial charge in [0.05, 0.1) is 5.92 Å². The lowest BCUT2D eigenvalue weighted by Gasteiger charge is -2.27. The summed E-state index contributed by atoms with van der Waals surface area (Å²) in [5.74, 6) is -0.458. The number of carbonyl (C=O) groups is 1. The summed E-state index contributed by atoms with van der Waals surface area (Å²) < 4.78 is 0. The average Bonchev–Trinajstić information content (AvgIpc) is 2.94. The number of rotatable bonds is 7. The van der Waals surface area contributed by atoms with Crippen molar-refractivity contribution in [3.8, 4) is 0 Å². The van der Waals surface area contributed by atoms with Crippen LogP contribution in [0.3, 0.4) is 0 Å². The highest BCUT2D eigenvalue weighted by Crippen LogP contribution is 2.19. The van der Waals surface area contributed by atoms with Gasteiger partial charge in [-0.25, -0.2) is 0 Å². The summed E-state index contributed by atoms with van der Waals surface area (Å²) in [6, 6.07) is 0.434. The van der Waals surface area contributed by atoms with E-state index >= 15 is 0 Å². The fraction of sp³-hybridized carbons (Fsp3) is 0.857. The van der Waals surface area contributed by atoms with Crippen molar-refractivity contribution in [3.05, 3.63) is 0 Å². The molecule has 2 atom stereocenters. The van der Waals surface area contributed by atoms with E-state index in [0.29, 0.717) is 12.5 Å². The van der Waals surface area contributed by atoms with Crippen LogP contribution in [0.2, 0.25) is 0 Å². The molecule has 0 spiro atoms. The Morgan fingerprint density at radius 2 is 2.10 bits per heavy atom. The molecule has 1 amide bonds. The van der Waals surface area contributed by atoms with E-state index in [2.05, 4.69) is 23.9 Å². The van der Waals surface area contributed by atoms with Crippen LogP contribution in [0.5, 0.6) is 0 Å². The minimum Gasteiger partial charge on any atom is -0.409 e. The van der Waals surface area contributed by atoms with E-state index in [1.807, 2.05) is 11.8 Å². The Hall–Kier alpha value is -1.30. The number of likely N-dealkylation sites (tertiary alicyclic amines) is 1. The highest BCUT2D eigenvalue weighted by Gasteiger charge is 2.34. The van der Waals surface area contributed by atoms with Gasteiger partial charge in [0, 0.05) is 19.1 Å². The number of likely N-dealkylation sites (N-methyl/N-ethyl adjacent to an activating group) is 1. The quantitative estimate of drug-likeness (QED) is 0.317. The summed E-state index contributed by atoms with van der Waals surface area (Å²) in [7, 11) is 0. The predicted octanol–water partition coefficient (Wildman–Crippen LogP) is 1.09. The van der Waals surface area contributed by atoms with E-state index in [1.165, 1.54) is 0 Å². The molecule has 3 N–H and O–H groups in total. The maximum absolute atomic E-state index is 12.5. The van der Waals surface area contributed by atoms with Gasteiger partial charge < -0.3 is 15.8 Å². The van der Waals surface area contributed by atoms with Crippen molar-refractivity contribution < 1.29 is 10.0 Å². The van der Waals surface area contributed by atoms with Crippen molar-refractivity contribution in [1.82, 2.24) is 9.80 Å². The monoisotopic (exact) mass is 284 g/mol. The second kappa shape index (κ2) is 8.09. The van der Waals surface area contributed by atoms with Gasteiger partial charge in [-0.1, -0.05) is 32.3 Å². The molecule has 0 aromatic rings. The summed E-state index contributed by atoms with van der Waals surface area (Å²) in [6.45, 7) is 9.80. The molecule has 116 valence electrons. The van der Waals surface area contributed by atoms with E-state index in [0.717, 1.165) is 39.0 Å². The summed E-state index contributed by atoms with van der Waals surface area (Å²) in [4.78, 5) is 16.8. The normalized spacial score (nSPS) is 21.5. The zero-order valence-electron chi connectivity index (χ0n) is 12.9. The molecule has 1 saturated heterocycles. The van der Waals surface area contributed by atoms with Crippen LogP contribution in [0.1, 0.15) is 40.0 Å². The van der Waals surface area contributed by atoms with E-state index in [1.54, 1.807) is 0 Å². The Bertz CT molecular complexity index is 342. The molecule has 1 rings (SSSR count). The van der Waals surface area contributed by atoms with Crippen LogP contribution in [0.25, 0.3) is 0 Å². The average molecular weight is 284 g/mol. The first-order chi connectivity index (χ1) is 9.58. The van der Waals surface area contributed by atoms with Gasteiger partial charge in [-0.15, -0.1) is 0 Å². The van der Waals surface area contributed by atoms with Crippen molar-refractivity contribution in [2.24, 2.45) is 16.8 Å². The van der Waals surface area contributed by atoms with Crippen molar-refractivity contribution in [2.45, 2.75) is 46.1 Å². The van der Waals surface area contributed by atoms with Gasteiger partial charge in [0.1, 0.15) is 0 Å². The summed E-state index contributed by atoms with van der Waals surface area (Å²) in [5, 5.41) is 11.8. The standard InChI is InChI=1S/C14H28N4O2/c1-4-7-12(13(15)16-20)14(19)18-9-8-11(10-18)17(5-2)6-3/h11-12,20H,4-10H2,1-3H3,(H2,15,16). The molecular weight excluding hydrogens is 256 g/mol. The topological polar surface area (TPSA) is 82.2 Å². The first-order valence-corrected chi connectivity index (χ1v) is 7.59. The van der Waals surface area contributed by atoms with Crippen molar-refractivity contribution >= 4 is 11.7 Å². The first-order valence-electron chi connectivity index (χ1n) is 7.59. The third-order valence-electron chi connectivity index (χ3n) is 4.15. The maximum Gasteiger partial charge on any atom is 0.233 e. The zero-order chi connectivity index (χ0) is 15.1. The Kier molecular flexibility index (Phi) is 6.78. The number of carbonyl (C=O) groups excluding carboxylic acids is 1. The van der Waals surface area contributed by atoms with Gasteiger partial charge in [-0.2, -0.15) is 0 Å². The SMILES string of the molecule is CCCC(C(=O)N1CCC(N(CC)CC)C1)C(N)=NO. The zero-order valence-corrected chi connectivity index (χ0v) is 12.9. The minimum atomic E-state index is -0.486. The summed E-state index contributed by atoms with van der Waals surface area (Å²) >= 11 is 0. The molecule has 1 aliphatic rings. The molecule has 1 heterocycles. The molecular formula is C14H28N4O2. The molecule has 6 heteroatoms. The second-order valence-corrected chi connectivity index (χ2v) is 5.31. The number of nitrogens with zero attached hydrogens (tertiary/aromatic N) is 3. The Morgan fingerprint density at radius 3 is 2.60 bits per heavy atom. The van der Waals surface area contributed by atoms with E-state index in [-0.39, 0.29) is 11.7 Å². The van der Waals surface area contributed by atoms with E-state index in [4.69, 9.17) is 10.9 Å². The molecule has 0 radical (unpaired) electrons. The van der Waals surface area contributed by atoms with E-state index < -0.39 is 5.92 Å². The molecule has 6 nitrogen and oxygen atoms in total. The second-order valence-electron chi connectivity index (χ2n) is 5.31. The number of nitrogens with two attached hydrogens (primary N) is 1. The van der Waals surface area contributed by atoms with Gasteiger partial charge in [-0.05, 0) is 25.9 Å². The minimum absolute atomic E-state index is 0.00296. The largest absolute Gasteiger partial charge is 0.409 e.